The normalized spacial score (nSPS) is 15.8. The highest BCUT2D eigenvalue weighted by Crippen LogP contribution is 2.28. The van der Waals surface area contributed by atoms with Crippen LogP contribution in [0.1, 0.15) is 57.2 Å². The second kappa shape index (κ2) is 9.26. The lowest BCUT2D eigenvalue weighted by Crippen LogP contribution is -2.23. The van der Waals surface area contributed by atoms with Crippen LogP contribution in [0.5, 0.6) is 5.88 Å². The average molecular weight is 416 g/mol. The SMILES string of the molecule is CCCCn1c(O)c(C2=NN[C@@H](c3ccc(N(CC)CC)cc3)C2)c(=O)[nH]c1=S. The Morgan fingerprint density at radius 1 is 1.24 bits per heavy atom. The summed E-state index contributed by atoms with van der Waals surface area (Å²) in [4.78, 5) is 17.5. The predicted octanol–water partition coefficient (Wildman–Crippen LogP) is 3.70. The second-order valence-corrected chi connectivity index (χ2v) is 7.56. The first-order valence-electron chi connectivity index (χ1n) is 10.2. The summed E-state index contributed by atoms with van der Waals surface area (Å²) < 4.78 is 1.81. The molecule has 3 rings (SSSR count). The van der Waals surface area contributed by atoms with Crippen molar-refractivity contribution in [2.45, 2.75) is 52.6 Å². The zero-order valence-electron chi connectivity index (χ0n) is 17.2. The van der Waals surface area contributed by atoms with E-state index in [0.29, 0.717) is 18.7 Å². The van der Waals surface area contributed by atoms with Crippen molar-refractivity contribution >= 4 is 23.6 Å². The molecule has 0 fully saturated rings. The molecule has 1 aliphatic rings. The minimum Gasteiger partial charge on any atom is -0.494 e. The van der Waals surface area contributed by atoms with Crippen molar-refractivity contribution in [3.05, 3.63) is 50.5 Å². The minimum atomic E-state index is -0.404. The predicted molar refractivity (Wildman–Crippen MR) is 119 cm³/mol. The molecule has 1 atom stereocenters. The topological polar surface area (TPSA) is 85.7 Å². The van der Waals surface area contributed by atoms with E-state index < -0.39 is 5.56 Å². The molecule has 8 heteroatoms. The summed E-state index contributed by atoms with van der Waals surface area (Å²) in [6.45, 7) is 8.82. The van der Waals surface area contributed by atoms with Crippen LogP contribution in [0.15, 0.2) is 34.2 Å². The molecule has 1 aromatic carbocycles. The highest BCUT2D eigenvalue weighted by molar-refractivity contribution is 7.71. The number of unbranched alkanes of at least 4 members (excludes halogenated alkanes) is 1. The van der Waals surface area contributed by atoms with Crippen molar-refractivity contribution < 1.29 is 5.11 Å². The molecule has 2 aromatic rings. The van der Waals surface area contributed by atoms with Crippen LogP contribution in [-0.2, 0) is 6.54 Å². The van der Waals surface area contributed by atoms with Gasteiger partial charge in [-0.1, -0.05) is 25.5 Å². The number of H-pyrrole nitrogens is 1. The van der Waals surface area contributed by atoms with Crippen LogP contribution in [0, 0.1) is 4.77 Å². The van der Waals surface area contributed by atoms with Crippen molar-refractivity contribution in [1.29, 1.82) is 0 Å². The summed E-state index contributed by atoms with van der Waals surface area (Å²) in [5, 5.41) is 15.1. The maximum atomic E-state index is 12.5. The van der Waals surface area contributed by atoms with Crippen LogP contribution < -0.4 is 15.9 Å². The summed E-state index contributed by atoms with van der Waals surface area (Å²) in [6, 6.07) is 8.35. The van der Waals surface area contributed by atoms with Crippen LogP contribution >= 0.6 is 12.2 Å². The van der Waals surface area contributed by atoms with E-state index in [1.54, 1.807) is 4.57 Å². The number of aromatic hydroxyl groups is 1. The van der Waals surface area contributed by atoms with Gasteiger partial charge in [0.1, 0.15) is 5.56 Å². The van der Waals surface area contributed by atoms with Gasteiger partial charge in [0.15, 0.2) is 4.77 Å². The van der Waals surface area contributed by atoms with Gasteiger partial charge in [-0.2, -0.15) is 5.10 Å². The van der Waals surface area contributed by atoms with Crippen LogP contribution in [0.3, 0.4) is 0 Å². The van der Waals surface area contributed by atoms with Crippen molar-refractivity contribution in [3.8, 4) is 5.88 Å². The maximum absolute atomic E-state index is 12.5. The smallest absolute Gasteiger partial charge is 0.264 e. The number of benzene rings is 1. The fraction of sp³-hybridized carbons (Fsp3) is 0.476. The number of aromatic nitrogens is 2. The van der Waals surface area contributed by atoms with Crippen LogP contribution in [0.4, 0.5) is 5.69 Å². The number of hydrogen-bond donors (Lipinski definition) is 3. The summed E-state index contributed by atoms with van der Waals surface area (Å²) in [7, 11) is 0. The Balaban J connectivity index is 1.82. The zero-order valence-corrected chi connectivity index (χ0v) is 18.1. The number of hydrazone groups is 1. The van der Waals surface area contributed by atoms with Gasteiger partial charge in [0.25, 0.3) is 5.56 Å². The Hall–Kier alpha value is -2.61. The zero-order chi connectivity index (χ0) is 21.0. The number of nitrogens with zero attached hydrogens (tertiary/aromatic N) is 3. The van der Waals surface area contributed by atoms with Crippen molar-refractivity contribution in [3.63, 3.8) is 0 Å². The molecule has 0 aliphatic carbocycles. The van der Waals surface area contributed by atoms with Crippen molar-refractivity contribution in [2.24, 2.45) is 5.10 Å². The number of anilines is 1. The van der Waals surface area contributed by atoms with E-state index >= 15 is 0 Å². The second-order valence-electron chi connectivity index (χ2n) is 7.17. The minimum absolute atomic E-state index is 0.0400. The molecule has 0 spiro atoms. The summed E-state index contributed by atoms with van der Waals surface area (Å²) in [5.41, 5.74) is 5.72. The van der Waals surface area contributed by atoms with E-state index in [1.165, 1.54) is 5.69 Å². The van der Waals surface area contributed by atoms with Gasteiger partial charge in [-0.25, -0.2) is 0 Å². The average Bonchev–Trinajstić information content (AvgIpc) is 3.19. The lowest BCUT2D eigenvalue weighted by molar-refractivity contribution is 0.398. The first-order chi connectivity index (χ1) is 14.0. The van der Waals surface area contributed by atoms with Gasteiger partial charge in [-0.05, 0) is 50.2 Å². The Labute approximate surface area is 176 Å². The monoisotopic (exact) mass is 415 g/mol. The molecule has 29 heavy (non-hydrogen) atoms. The molecule has 0 radical (unpaired) electrons. The van der Waals surface area contributed by atoms with Crippen LogP contribution in [0.25, 0.3) is 0 Å². The van der Waals surface area contributed by atoms with Gasteiger partial charge in [0, 0.05) is 31.7 Å². The standard InChI is InChI=1S/C21H29N5O2S/c1-4-7-12-26-20(28)18(19(27)22-21(26)29)17-13-16(23-24-17)14-8-10-15(11-9-14)25(5-2)6-3/h8-11,16,23,28H,4-7,12-13H2,1-3H3,(H,22,27,29)/t16-/m1/s1. The lowest BCUT2D eigenvalue weighted by Gasteiger charge is -2.21. The van der Waals surface area contributed by atoms with Gasteiger partial charge < -0.3 is 15.4 Å². The van der Waals surface area contributed by atoms with E-state index in [4.69, 9.17) is 12.2 Å². The maximum Gasteiger partial charge on any atom is 0.264 e. The van der Waals surface area contributed by atoms with Gasteiger partial charge in [0.2, 0.25) is 5.88 Å². The fourth-order valence-corrected chi connectivity index (χ4v) is 3.91. The quantitative estimate of drug-likeness (QED) is 0.573. The van der Waals surface area contributed by atoms with E-state index in [9.17, 15) is 9.90 Å². The lowest BCUT2D eigenvalue weighted by atomic mass is 9.99. The molecular formula is C21H29N5O2S. The fourth-order valence-electron chi connectivity index (χ4n) is 3.64. The summed E-state index contributed by atoms with van der Waals surface area (Å²) in [5.74, 6) is -0.106. The Kier molecular flexibility index (Phi) is 6.74. The number of rotatable bonds is 8. The first kappa shape index (κ1) is 21.1. The molecule has 3 N–H and O–H groups in total. The van der Waals surface area contributed by atoms with Crippen molar-refractivity contribution in [1.82, 2.24) is 15.0 Å². The highest BCUT2D eigenvalue weighted by Gasteiger charge is 2.26. The third kappa shape index (κ3) is 4.37. The third-order valence-electron chi connectivity index (χ3n) is 5.37. The number of hydrogen-bond acceptors (Lipinski definition) is 6. The van der Waals surface area contributed by atoms with Crippen LogP contribution in [-0.4, -0.2) is 33.5 Å². The Morgan fingerprint density at radius 3 is 2.55 bits per heavy atom. The number of nitrogens with one attached hydrogen (secondary N) is 2. The van der Waals surface area contributed by atoms with E-state index in [2.05, 4.69) is 65.4 Å². The molecule has 0 saturated heterocycles. The summed E-state index contributed by atoms with van der Waals surface area (Å²) >= 11 is 5.22. The molecule has 0 saturated carbocycles. The Bertz CT molecular complexity index is 990. The Morgan fingerprint density at radius 2 is 1.93 bits per heavy atom. The molecule has 0 unspecified atom stereocenters. The van der Waals surface area contributed by atoms with Gasteiger partial charge in [-0.3, -0.25) is 14.3 Å². The van der Waals surface area contributed by atoms with E-state index in [0.717, 1.165) is 31.5 Å². The molecule has 7 nitrogen and oxygen atoms in total. The third-order valence-corrected chi connectivity index (χ3v) is 5.70. The van der Waals surface area contributed by atoms with Gasteiger partial charge in [-0.15, -0.1) is 0 Å². The van der Waals surface area contributed by atoms with Crippen molar-refractivity contribution in [2.75, 3.05) is 18.0 Å². The highest BCUT2D eigenvalue weighted by atomic mass is 32.1. The summed E-state index contributed by atoms with van der Waals surface area (Å²) in [6.07, 6.45) is 2.34. The van der Waals surface area contributed by atoms with Gasteiger partial charge in [0.05, 0.1) is 11.8 Å². The molecule has 2 heterocycles. The van der Waals surface area contributed by atoms with E-state index in [-0.39, 0.29) is 22.3 Å². The molecule has 1 aliphatic heterocycles. The molecule has 1 aromatic heterocycles. The largest absolute Gasteiger partial charge is 0.494 e. The van der Waals surface area contributed by atoms with Gasteiger partial charge >= 0.3 is 0 Å². The molecular weight excluding hydrogens is 386 g/mol. The first-order valence-corrected chi connectivity index (χ1v) is 10.6. The molecule has 156 valence electrons. The molecule has 0 bridgehead atoms. The van der Waals surface area contributed by atoms with E-state index in [1.807, 2.05) is 0 Å². The number of aromatic amines is 1. The molecule has 0 amide bonds. The van der Waals surface area contributed by atoms with Crippen LogP contribution in [0.2, 0.25) is 0 Å².